The second-order valence-electron chi connectivity index (χ2n) is 3.93. The molecule has 0 saturated heterocycles. The van der Waals surface area contributed by atoms with Crippen LogP contribution in [0.3, 0.4) is 0 Å². The van der Waals surface area contributed by atoms with Crippen molar-refractivity contribution in [1.82, 2.24) is 14.9 Å². The number of amides is 2. The lowest BCUT2D eigenvalue weighted by molar-refractivity contribution is -0.141. The van der Waals surface area contributed by atoms with Gasteiger partial charge in [0, 0.05) is 18.8 Å². The fourth-order valence-corrected chi connectivity index (χ4v) is 1.23. The van der Waals surface area contributed by atoms with E-state index in [1.165, 1.54) is 21.1 Å². The second kappa shape index (κ2) is 5.98. The first-order chi connectivity index (χ1) is 8.85. The van der Waals surface area contributed by atoms with Gasteiger partial charge in [-0.3, -0.25) is 5.32 Å². The van der Waals surface area contributed by atoms with E-state index in [2.05, 4.69) is 15.3 Å². The lowest BCUT2D eigenvalue weighted by Crippen LogP contribution is -2.42. The molecule has 19 heavy (non-hydrogen) atoms. The van der Waals surface area contributed by atoms with Crippen LogP contribution < -0.4 is 10.1 Å². The maximum Gasteiger partial charge on any atom is 0.326 e. The van der Waals surface area contributed by atoms with Crippen molar-refractivity contribution in [1.29, 1.82) is 0 Å². The summed E-state index contributed by atoms with van der Waals surface area (Å²) in [6.07, 6.45) is 0. The zero-order valence-corrected chi connectivity index (χ0v) is 11.2. The molecule has 0 fully saturated rings. The SMILES string of the molecule is COc1cc(C)nc(NC(=O)N(C)C(C)C(=O)O)n1. The number of methoxy groups -OCH3 is 1. The van der Waals surface area contributed by atoms with Crippen molar-refractivity contribution in [3.05, 3.63) is 11.8 Å². The van der Waals surface area contributed by atoms with Crippen molar-refractivity contribution in [3.8, 4) is 5.88 Å². The number of nitrogens with one attached hydrogen (secondary N) is 1. The van der Waals surface area contributed by atoms with Gasteiger partial charge in [-0.2, -0.15) is 4.98 Å². The highest BCUT2D eigenvalue weighted by atomic mass is 16.5. The molecule has 0 radical (unpaired) electrons. The lowest BCUT2D eigenvalue weighted by atomic mass is 10.3. The molecule has 2 N–H and O–H groups in total. The summed E-state index contributed by atoms with van der Waals surface area (Å²) in [5, 5.41) is 11.2. The Hall–Kier alpha value is -2.38. The minimum atomic E-state index is -1.10. The van der Waals surface area contributed by atoms with Gasteiger partial charge in [-0.05, 0) is 13.8 Å². The molecule has 1 unspecified atom stereocenters. The monoisotopic (exact) mass is 268 g/mol. The van der Waals surface area contributed by atoms with Crippen LogP contribution in [0.25, 0.3) is 0 Å². The van der Waals surface area contributed by atoms with Gasteiger partial charge in [-0.15, -0.1) is 0 Å². The average Bonchev–Trinajstić information content (AvgIpc) is 2.35. The first-order valence-electron chi connectivity index (χ1n) is 5.51. The summed E-state index contributed by atoms with van der Waals surface area (Å²) in [4.78, 5) is 31.6. The average molecular weight is 268 g/mol. The second-order valence-corrected chi connectivity index (χ2v) is 3.93. The number of carboxylic acid groups (broad SMARTS) is 1. The van der Waals surface area contributed by atoms with E-state index < -0.39 is 18.0 Å². The van der Waals surface area contributed by atoms with E-state index in [1.807, 2.05) is 0 Å². The molecular weight excluding hydrogens is 252 g/mol. The largest absolute Gasteiger partial charge is 0.481 e. The third-order valence-corrected chi connectivity index (χ3v) is 2.52. The normalized spacial score (nSPS) is 11.6. The number of rotatable bonds is 4. The Morgan fingerprint density at radius 1 is 1.47 bits per heavy atom. The number of carbonyl (C=O) groups excluding carboxylic acids is 1. The summed E-state index contributed by atoms with van der Waals surface area (Å²) >= 11 is 0. The highest BCUT2D eigenvalue weighted by molar-refractivity contribution is 5.90. The van der Waals surface area contributed by atoms with E-state index in [9.17, 15) is 9.59 Å². The van der Waals surface area contributed by atoms with Gasteiger partial charge in [0.25, 0.3) is 0 Å². The van der Waals surface area contributed by atoms with Gasteiger partial charge < -0.3 is 14.7 Å². The van der Waals surface area contributed by atoms with Crippen LogP contribution in [0.15, 0.2) is 6.07 Å². The predicted molar refractivity (Wildman–Crippen MR) is 67.2 cm³/mol. The van der Waals surface area contributed by atoms with Gasteiger partial charge in [0.2, 0.25) is 11.8 Å². The van der Waals surface area contributed by atoms with Crippen LogP contribution in [0.1, 0.15) is 12.6 Å². The Kier molecular flexibility index (Phi) is 4.62. The molecular formula is C11H16N4O4. The van der Waals surface area contributed by atoms with E-state index >= 15 is 0 Å². The number of anilines is 1. The van der Waals surface area contributed by atoms with Gasteiger partial charge in [0.1, 0.15) is 6.04 Å². The molecule has 0 saturated carbocycles. The number of aromatic nitrogens is 2. The van der Waals surface area contributed by atoms with E-state index in [0.29, 0.717) is 11.6 Å². The van der Waals surface area contributed by atoms with Crippen LogP contribution in [0.5, 0.6) is 5.88 Å². The number of urea groups is 1. The first kappa shape index (κ1) is 14.7. The molecule has 1 rings (SSSR count). The van der Waals surface area contributed by atoms with Gasteiger partial charge in [-0.25, -0.2) is 14.6 Å². The Labute approximate surface area is 110 Å². The lowest BCUT2D eigenvalue weighted by Gasteiger charge is -2.21. The number of hydrogen-bond donors (Lipinski definition) is 2. The molecule has 0 aromatic carbocycles. The highest BCUT2D eigenvalue weighted by Crippen LogP contribution is 2.11. The van der Waals surface area contributed by atoms with Crippen molar-refractivity contribution in [2.45, 2.75) is 19.9 Å². The van der Waals surface area contributed by atoms with Crippen molar-refractivity contribution >= 4 is 17.9 Å². The zero-order chi connectivity index (χ0) is 14.6. The molecule has 1 atom stereocenters. The summed E-state index contributed by atoms with van der Waals surface area (Å²) in [7, 11) is 2.83. The summed E-state index contributed by atoms with van der Waals surface area (Å²) in [5.74, 6) is -0.719. The topological polar surface area (TPSA) is 105 Å². The summed E-state index contributed by atoms with van der Waals surface area (Å²) < 4.78 is 4.95. The van der Waals surface area contributed by atoms with Gasteiger partial charge in [0.15, 0.2) is 0 Å². The van der Waals surface area contributed by atoms with Crippen molar-refractivity contribution in [2.24, 2.45) is 0 Å². The summed E-state index contributed by atoms with van der Waals surface area (Å²) in [5.41, 5.74) is 0.621. The molecule has 8 nitrogen and oxygen atoms in total. The molecule has 0 aliphatic rings. The standard InChI is InChI=1S/C11H16N4O4/c1-6-5-8(19-4)13-10(12-6)14-11(18)15(3)7(2)9(16)17/h5,7H,1-4H3,(H,16,17)(H,12,13,14,18). The first-order valence-corrected chi connectivity index (χ1v) is 5.51. The van der Waals surface area contributed by atoms with Crippen LogP contribution in [0, 0.1) is 6.92 Å². The molecule has 0 bridgehead atoms. The molecule has 1 aromatic heterocycles. The van der Waals surface area contributed by atoms with Crippen LogP contribution in [-0.4, -0.2) is 52.2 Å². The van der Waals surface area contributed by atoms with E-state index in [0.717, 1.165) is 4.90 Å². The number of aliphatic carboxylic acids is 1. The highest BCUT2D eigenvalue weighted by Gasteiger charge is 2.22. The molecule has 2 amide bonds. The molecule has 0 aliphatic carbocycles. The number of hydrogen-bond acceptors (Lipinski definition) is 5. The Morgan fingerprint density at radius 3 is 2.63 bits per heavy atom. The van der Waals surface area contributed by atoms with Gasteiger partial charge in [-0.1, -0.05) is 0 Å². The number of carbonyl (C=O) groups is 2. The Morgan fingerprint density at radius 2 is 2.11 bits per heavy atom. The Balaban J connectivity index is 2.82. The fraction of sp³-hybridized carbons (Fsp3) is 0.455. The number of likely N-dealkylation sites (N-methyl/N-ethyl adjacent to an activating group) is 1. The van der Waals surface area contributed by atoms with E-state index in [4.69, 9.17) is 9.84 Å². The van der Waals surface area contributed by atoms with Crippen LogP contribution in [-0.2, 0) is 4.79 Å². The molecule has 104 valence electrons. The minimum Gasteiger partial charge on any atom is -0.481 e. The van der Waals surface area contributed by atoms with Crippen LogP contribution in [0.4, 0.5) is 10.7 Å². The smallest absolute Gasteiger partial charge is 0.326 e. The van der Waals surface area contributed by atoms with E-state index in [1.54, 1.807) is 13.0 Å². The molecule has 8 heteroatoms. The number of ether oxygens (including phenoxy) is 1. The van der Waals surface area contributed by atoms with Crippen LogP contribution >= 0.6 is 0 Å². The zero-order valence-electron chi connectivity index (χ0n) is 11.2. The maximum atomic E-state index is 11.8. The minimum absolute atomic E-state index is 0.0614. The molecule has 0 spiro atoms. The predicted octanol–water partition coefficient (Wildman–Crippen LogP) is 0.730. The summed E-state index contributed by atoms with van der Waals surface area (Å²) in [6, 6.07) is 0.0495. The molecule has 1 aromatic rings. The molecule has 1 heterocycles. The fourth-order valence-electron chi connectivity index (χ4n) is 1.23. The van der Waals surface area contributed by atoms with E-state index in [-0.39, 0.29) is 5.95 Å². The number of carboxylic acids is 1. The number of nitrogens with zero attached hydrogens (tertiary/aromatic N) is 3. The van der Waals surface area contributed by atoms with Crippen molar-refractivity contribution in [2.75, 3.05) is 19.5 Å². The third-order valence-electron chi connectivity index (χ3n) is 2.52. The molecule has 0 aliphatic heterocycles. The summed E-state index contributed by atoms with van der Waals surface area (Å²) in [6.45, 7) is 3.13. The van der Waals surface area contributed by atoms with Crippen molar-refractivity contribution < 1.29 is 19.4 Å². The van der Waals surface area contributed by atoms with Gasteiger partial charge in [0.05, 0.1) is 7.11 Å². The number of aryl methyl sites for hydroxylation is 1. The quantitative estimate of drug-likeness (QED) is 0.834. The third kappa shape index (κ3) is 3.80. The Bertz CT molecular complexity index is 492. The van der Waals surface area contributed by atoms with Gasteiger partial charge >= 0.3 is 12.0 Å². The van der Waals surface area contributed by atoms with Crippen LogP contribution in [0.2, 0.25) is 0 Å². The van der Waals surface area contributed by atoms with Crippen molar-refractivity contribution in [3.63, 3.8) is 0 Å². The maximum absolute atomic E-state index is 11.8.